The highest BCUT2D eigenvalue weighted by Crippen LogP contribution is 2.41. The van der Waals surface area contributed by atoms with E-state index in [1.807, 2.05) is 6.92 Å². The Morgan fingerprint density at radius 3 is 2.08 bits per heavy atom. The van der Waals surface area contributed by atoms with Gasteiger partial charge in [0.1, 0.15) is 18.2 Å². The number of hydrogen-bond acceptors (Lipinski definition) is 5. The summed E-state index contributed by atoms with van der Waals surface area (Å²) in [5.74, 6) is -0.950. The summed E-state index contributed by atoms with van der Waals surface area (Å²) >= 11 is 0. The molecule has 0 fully saturated rings. The Labute approximate surface area is 213 Å². The van der Waals surface area contributed by atoms with Gasteiger partial charge in [0.2, 0.25) is 11.7 Å². The molecule has 3 aromatic carbocycles. The topological polar surface area (TPSA) is 77.1 Å². The van der Waals surface area contributed by atoms with Gasteiger partial charge in [-0.3, -0.25) is 9.59 Å². The zero-order valence-corrected chi connectivity index (χ0v) is 20.8. The Morgan fingerprint density at radius 1 is 0.892 bits per heavy atom. The van der Waals surface area contributed by atoms with Crippen molar-refractivity contribution in [1.29, 1.82) is 0 Å². The van der Waals surface area contributed by atoms with Gasteiger partial charge in [-0.2, -0.15) is 0 Å². The zero-order valence-electron chi connectivity index (χ0n) is 20.8. The third-order valence-electron chi connectivity index (χ3n) is 5.81. The van der Waals surface area contributed by atoms with Gasteiger partial charge in [-0.1, -0.05) is 12.1 Å². The minimum Gasteiger partial charge on any atom is -0.490 e. The summed E-state index contributed by atoms with van der Waals surface area (Å²) in [6.07, 6.45) is 0. The second kappa shape index (κ2) is 11.3. The number of anilines is 1. The predicted octanol–water partition coefficient (Wildman–Crippen LogP) is 5.34. The second-order valence-corrected chi connectivity index (χ2v) is 8.27. The molecule has 1 N–H and O–H groups in total. The van der Waals surface area contributed by atoms with Gasteiger partial charge in [-0.15, -0.1) is 0 Å². The molecule has 0 saturated heterocycles. The summed E-state index contributed by atoms with van der Waals surface area (Å²) in [6.45, 7) is 6.11. The molecule has 0 unspecified atom stereocenters. The number of nitrogens with one attached hydrogen (secondary N) is 1. The molecule has 1 aliphatic heterocycles. The van der Waals surface area contributed by atoms with Crippen molar-refractivity contribution in [2.75, 3.05) is 31.7 Å². The minimum atomic E-state index is -0.879. The highest BCUT2D eigenvalue weighted by molar-refractivity contribution is 6.02. The predicted molar refractivity (Wildman–Crippen MR) is 134 cm³/mol. The van der Waals surface area contributed by atoms with E-state index in [4.69, 9.17) is 14.2 Å². The minimum absolute atomic E-state index is 0.190. The molecule has 0 spiro atoms. The number of nitrogens with zero attached hydrogens (tertiary/aromatic N) is 1. The largest absolute Gasteiger partial charge is 0.490 e. The second-order valence-electron chi connectivity index (χ2n) is 8.27. The van der Waals surface area contributed by atoms with Crippen LogP contribution in [0, 0.1) is 11.6 Å². The normalized spacial score (nSPS) is 14.9. The van der Waals surface area contributed by atoms with E-state index in [-0.39, 0.29) is 12.1 Å². The van der Waals surface area contributed by atoms with E-state index in [1.165, 1.54) is 59.5 Å². The molecule has 1 heterocycles. The van der Waals surface area contributed by atoms with Crippen LogP contribution in [0.1, 0.15) is 48.3 Å². The zero-order chi connectivity index (χ0) is 26.5. The van der Waals surface area contributed by atoms with Crippen molar-refractivity contribution in [2.24, 2.45) is 0 Å². The third kappa shape index (κ3) is 5.50. The highest BCUT2D eigenvalue weighted by atomic mass is 19.1. The van der Waals surface area contributed by atoms with Crippen molar-refractivity contribution in [3.8, 4) is 17.2 Å². The van der Waals surface area contributed by atoms with Crippen LogP contribution in [-0.4, -0.2) is 43.1 Å². The van der Waals surface area contributed by atoms with Crippen LogP contribution in [0.15, 0.2) is 54.6 Å². The average Bonchev–Trinajstić information content (AvgIpc) is 3.01. The van der Waals surface area contributed by atoms with Gasteiger partial charge in [-0.25, -0.2) is 8.78 Å². The van der Waals surface area contributed by atoms with Crippen molar-refractivity contribution < 1.29 is 32.6 Å². The Balaban J connectivity index is 1.88. The number of benzene rings is 3. The lowest BCUT2D eigenvalue weighted by Gasteiger charge is -2.31. The van der Waals surface area contributed by atoms with E-state index in [2.05, 4.69) is 5.32 Å². The smallest absolute Gasteiger partial charge is 0.255 e. The van der Waals surface area contributed by atoms with Crippen LogP contribution in [0.25, 0.3) is 0 Å². The number of fused-ring (bicyclic) bond motifs is 1. The van der Waals surface area contributed by atoms with Gasteiger partial charge in [-0.05, 0) is 68.8 Å². The summed E-state index contributed by atoms with van der Waals surface area (Å²) in [6, 6.07) is 11.7. The lowest BCUT2D eigenvalue weighted by molar-refractivity contribution is -0.117. The fourth-order valence-electron chi connectivity index (χ4n) is 4.35. The van der Waals surface area contributed by atoms with Crippen LogP contribution >= 0.6 is 0 Å². The Kier molecular flexibility index (Phi) is 7.91. The molecule has 0 aliphatic carbocycles. The first-order valence-electron chi connectivity index (χ1n) is 12.1. The van der Waals surface area contributed by atoms with Crippen molar-refractivity contribution in [2.45, 2.75) is 26.8 Å². The van der Waals surface area contributed by atoms with Crippen molar-refractivity contribution >= 4 is 17.5 Å². The van der Waals surface area contributed by atoms with Crippen LogP contribution < -0.4 is 19.5 Å². The lowest BCUT2D eigenvalue weighted by Crippen LogP contribution is -2.39. The van der Waals surface area contributed by atoms with Crippen LogP contribution in [0.2, 0.25) is 0 Å². The summed E-state index contributed by atoms with van der Waals surface area (Å²) in [5, 5.41) is 2.74. The van der Waals surface area contributed by atoms with Crippen molar-refractivity contribution in [3.63, 3.8) is 0 Å². The molecule has 0 bridgehead atoms. The monoisotopic (exact) mass is 510 g/mol. The number of ether oxygens (including phenoxy) is 3. The van der Waals surface area contributed by atoms with Gasteiger partial charge in [0.25, 0.3) is 5.91 Å². The first-order chi connectivity index (χ1) is 17.9. The number of rotatable bonds is 8. The summed E-state index contributed by atoms with van der Waals surface area (Å²) in [4.78, 5) is 28.2. The number of carbonyl (C=O) groups excluding carboxylic acids is 2. The molecule has 3 aromatic rings. The standard InChI is InChI=1S/C28H28F2N2O5/c1-4-35-23-13-18(14-24(36-5-2)27(23)37-6-3)28(34)32-16-25(33)31-22-12-11-20(30)15-21(22)26(32)17-7-9-19(29)10-8-17/h7-15,26H,4-6,16H2,1-3H3,(H,31,33)/t26-/m1/s1. The average molecular weight is 511 g/mol. The molecular weight excluding hydrogens is 482 g/mol. The number of halogens is 2. The highest BCUT2D eigenvalue weighted by Gasteiger charge is 2.35. The number of carbonyl (C=O) groups is 2. The third-order valence-corrected chi connectivity index (χ3v) is 5.81. The molecule has 0 aromatic heterocycles. The first-order valence-corrected chi connectivity index (χ1v) is 12.1. The summed E-state index contributed by atoms with van der Waals surface area (Å²) in [7, 11) is 0. The van der Waals surface area contributed by atoms with E-state index in [9.17, 15) is 18.4 Å². The summed E-state index contributed by atoms with van der Waals surface area (Å²) < 4.78 is 45.4. The lowest BCUT2D eigenvalue weighted by atomic mass is 9.95. The van der Waals surface area contributed by atoms with E-state index in [0.29, 0.717) is 53.9 Å². The number of amides is 2. The van der Waals surface area contributed by atoms with Gasteiger partial charge in [0.05, 0.1) is 25.9 Å². The molecule has 0 saturated carbocycles. The maximum Gasteiger partial charge on any atom is 0.255 e. The molecule has 0 radical (unpaired) electrons. The van der Waals surface area contributed by atoms with E-state index >= 15 is 0 Å². The van der Waals surface area contributed by atoms with Crippen LogP contribution in [0.4, 0.5) is 14.5 Å². The van der Waals surface area contributed by atoms with Gasteiger partial charge >= 0.3 is 0 Å². The van der Waals surface area contributed by atoms with Crippen molar-refractivity contribution in [1.82, 2.24) is 4.90 Å². The quantitative estimate of drug-likeness (QED) is 0.443. The van der Waals surface area contributed by atoms with E-state index in [0.717, 1.165) is 0 Å². The van der Waals surface area contributed by atoms with E-state index in [1.54, 1.807) is 13.8 Å². The molecule has 4 rings (SSSR count). The maximum atomic E-state index is 14.4. The fraction of sp³-hybridized carbons (Fsp3) is 0.286. The molecule has 194 valence electrons. The van der Waals surface area contributed by atoms with Crippen LogP contribution in [-0.2, 0) is 4.79 Å². The molecule has 1 aliphatic rings. The van der Waals surface area contributed by atoms with Crippen LogP contribution in [0.5, 0.6) is 17.2 Å². The number of hydrogen-bond donors (Lipinski definition) is 1. The molecule has 1 atom stereocenters. The molecule has 9 heteroatoms. The van der Waals surface area contributed by atoms with Gasteiger partial charge in [0, 0.05) is 16.8 Å². The molecule has 37 heavy (non-hydrogen) atoms. The molecule has 7 nitrogen and oxygen atoms in total. The first kappa shape index (κ1) is 25.9. The molecule has 2 amide bonds. The SMILES string of the molecule is CCOc1cc(C(=O)N2CC(=O)Nc3ccc(F)cc3[C@H]2c2ccc(F)cc2)cc(OCC)c1OCC. The van der Waals surface area contributed by atoms with E-state index < -0.39 is 29.5 Å². The van der Waals surface area contributed by atoms with Crippen molar-refractivity contribution in [3.05, 3.63) is 82.9 Å². The van der Waals surface area contributed by atoms with Gasteiger partial charge < -0.3 is 24.4 Å². The van der Waals surface area contributed by atoms with Crippen LogP contribution in [0.3, 0.4) is 0 Å². The van der Waals surface area contributed by atoms with Gasteiger partial charge in [0.15, 0.2) is 11.5 Å². The Bertz CT molecular complexity index is 1270. The summed E-state index contributed by atoms with van der Waals surface area (Å²) in [5.41, 5.74) is 1.44. The maximum absolute atomic E-state index is 14.4. The Morgan fingerprint density at radius 2 is 1.49 bits per heavy atom. The Hall–Kier alpha value is -4.14. The fourth-order valence-corrected chi connectivity index (χ4v) is 4.35. The molecular formula is C28H28F2N2O5.